The van der Waals surface area contributed by atoms with Crippen LogP contribution in [0.5, 0.6) is 0 Å². The molecule has 4 heteroatoms. The molecule has 0 atom stereocenters. The molecule has 0 aliphatic carbocycles. The Balaban J connectivity index is 2.36. The van der Waals surface area contributed by atoms with Crippen molar-refractivity contribution in [3.8, 4) is 11.1 Å². The van der Waals surface area contributed by atoms with Crippen molar-refractivity contribution in [1.82, 2.24) is 5.32 Å². The standard InChI is InChI=1S/C15H14ClF2N/c1-2-19-9-12-7-10(3-5-13(12)16)11-4-6-14(17)15(18)8-11/h3-8,19H,2,9H2,1H3. The summed E-state index contributed by atoms with van der Waals surface area (Å²) in [5, 5.41) is 3.85. The maximum absolute atomic E-state index is 13.2. The van der Waals surface area contributed by atoms with Crippen molar-refractivity contribution in [2.75, 3.05) is 6.54 Å². The second-order valence-electron chi connectivity index (χ2n) is 4.22. The minimum Gasteiger partial charge on any atom is -0.313 e. The topological polar surface area (TPSA) is 12.0 Å². The van der Waals surface area contributed by atoms with E-state index < -0.39 is 11.6 Å². The van der Waals surface area contributed by atoms with E-state index in [0.717, 1.165) is 23.7 Å². The second kappa shape index (κ2) is 6.13. The fourth-order valence-corrected chi connectivity index (χ4v) is 2.01. The smallest absolute Gasteiger partial charge is 0.159 e. The van der Waals surface area contributed by atoms with Gasteiger partial charge >= 0.3 is 0 Å². The SMILES string of the molecule is CCNCc1cc(-c2ccc(F)c(F)c2)ccc1Cl. The molecule has 0 aliphatic heterocycles. The first-order valence-electron chi connectivity index (χ1n) is 6.06. The van der Waals surface area contributed by atoms with Gasteiger partial charge in [0.15, 0.2) is 11.6 Å². The Hall–Kier alpha value is -1.45. The largest absolute Gasteiger partial charge is 0.313 e. The summed E-state index contributed by atoms with van der Waals surface area (Å²) in [6.45, 7) is 3.49. The van der Waals surface area contributed by atoms with Crippen LogP contribution >= 0.6 is 11.6 Å². The van der Waals surface area contributed by atoms with E-state index in [2.05, 4.69) is 5.32 Å². The van der Waals surface area contributed by atoms with Gasteiger partial charge in [-0.2, -0.15) is 0 Å². The van der Waals surface area contributed by atoms with Gasteiger partial charge in [0, 0.05) is 11.6 Å². The molecule has 0 radical (unpaired) electrons. The van der Waals surface area contributed by atoms with Crippen LogP contribution in [0.2, 0.25) is 5.02 Å². The first kappa shape index (κ1) is 14.0. The Bertz CT molecular complexity index is 584. The second-order valence-corrected chi connectivity index (χ2v) is 4.62. The Morgan fingerprint density at radius 2 is 1.68 bits per heavy atom. The van der Waals surface area contributed by atoms with E-state index in [0.29, 0.717) is 17.1 Å². The van der Waals surface area contributed by atoms with Gasteiger partial charge in [-0.05, 0) is 47.5 Å². The van der Waals surface area contributed by atoms with Crippen molar-refractivity contribution >= 4 is 11.6 Å². The number of halogens is 3. The number of hydrogen-bond acceptors (Lipinski definition) is 1. The van der Waals surface area contributed by atoms with Gasteiger partial charge in [-0.25, -0.2) is 8.78 Å². The van der Waals surface area contributed by atoms with Gasteiger partial charge < -0.3 is 5.32 Å². The van der Waals surface area contributed by atoms with E-state index in [1.165, 1.54) is 6.07 Å². The predicted molar refractivity (Wildman–Crippen MR) is 74.2 cm³/mol. The lowest BCUT2D eigenvalue weighted by molar-refractivity contribution is 0.509. The van der Waals surface area contributed by atoms with Crippen molar-refractivity contribution in [2.24, 2.45) is 0 Å². The van der Waals surface area contributed by atoms with Crippen molar-refractivity contribution in [2.45, 2.75) is 13.5 Å². The lowest BCUT2D eigenvalue weighted by Crippen LogP contribution is -2.12. The normalized spacial score (nSPS) is 10.7. The highest BCUT2D eigenvalue weighted by atomic mass is 35.5. The molecule has 0 saturated heterocycles. The van der Waals surface area contributed by atoms with E-state index in [1.807, 2.05) is 13.0 Å². The first-order chi connectivity index (χ1) is 9.11. The Kier molecular flexibility index (Phi) is 4.51. The van der Waals surface area contributed by atoms with Gasteiger partial charge in [-0.3, -0.25) is 0 Å². The maximum Gasteiger partial charge on any atom is 0.159 e. The quantitative estimate of drug-likeness (QED) is 0.876. The molecule has 0 bridgehead atoms. The summed E-state index contributed by atoms with van der Waals surface area (Å²) in [4.78, 5) is 0. The molecular weight excluding hydrogens is 268 g/mol. The molecule has 100 valence electrons. The molecule has 2 aromatic carbocycles. The van der Waals surface area contributed by atoms with Gasteiger partial charge in [0.25, 0.3) is 0 Å². The molecule has 0 aliphatic rings. The fourth-order valence-electron chi connectivity index (χ4n) is 1.83. The first-order valence-corrected chi connectivity index (χ1v) is 6.44. The highest BCUT2D eigenvalue weighted by molar-refractivity contribution is 6.31. The summed E-state index contributed by atoms with van der Waals surface area (Å²) in [6, 6.07) is 9.32. The predicted octanol–water partition coefficient (Wildman–Crippen LogP) is 4.39. The third-order valence-corrected chi connectivity index (χ3v) is 3.23. The molecule has 0 unspecified atom stereocenters. The Morgan fingerprint density at radius 3 is 2.37 bits per heavy atom. The lowest BCUT2D eigenvalue weighted by Gasteiger charge is -2.09. The average molecular weight is 282 g/mol. The third kappa shape index (κ3) is 3.31. The van der Waals surface area contributed by atoms with E-state index in [1.54, 1.807) is 18.2 Å². The van der Waals surface area contributed by atoms with E-state index in [9.17, 15) is 8.78 Å². The minimum atomic E-state index is -0.847. The zero-order valence-corrected chi connectivity index (χ0v) is 11.3. The van der Waals surface area contributed by atoms with Crippen molar-refractivity contribution in [3.05, 3.63) is 58.6 Å². The molecule has 0 fully saturated rings. The average Bonchev–Trinajstić information content (AvgIpc) is 2.41. The van der Waals surface area contributed by atoms with Crippen LogP contribution in [0.15, 0.2) is 36.4 Å². The summed E-state index contributed by atoms with van der Waals surface area (Å²) in [5.74, 6) is -1.69. The molecule has 2 rings (SSSR count). The molecule has 2 aromatic rings. The molecule has 1 N–H and O–H groups in total. The van der Waals surface area contributed by atoms with E-state index in [-0.39, 0.29) is 0 Å². The van der Waals surface area contributed by atoms with Gasteiger partial charge in [-0.15, -0.1) is 0 Å². The maximum atomic E-state index is 13.2. The zero-order chi connectivity index (χ0) is 13.8. The number of nitrogens with one attached hydrogen (secondary N) is 1. The highest BCUT2D eigenvalue weighted by Crippen LogP contribution is 2.26. The lowest BCUT2D eigenvalue weighted by atomic mass is 10.0. The zero-order valence-electron chi connectivity index (χ0n) is 10.5. The van der Waals surface area contributed by atoms with Crippen molar-refractivity contribution in [1.29, 1.82) is 0 Å². The van der Waals surface area contributed by atoms with Gasteiger partial charge in [0.2, 0.25) is 0 Å². The van der Waals surface area contributed by atoms with E-state index >= 15 is 0 Å². The molecule has 0 aromatic heterocycles. The summed E-state index contributed by atoms with van der Waals surface area (Å²) >= 11 is 6.10. The minimum absolute atomic E-state index is 0.633. The Morgan fingerprint density at radius 1 is 1.00 bits per heavy atom. The van der Waals surface area contributed by atoms with Gasteiger partial charge in [0.05, 0.1) is 0 Å². The summed E-state index contributed by atoms with van der Waals surface area (Å²) < 4.78 is 26.2. The van der Waals surface area contributed by atoms with Crippen LogP contribution in [-0.2, 0) is 6.54 Å². The van der Waals surface area contributed by atoms with Crippen LogP contribution in [-0.4, -0.2) is 6.54 Å². The van der Waals surface area contributed by atoms with Crippen LogP contribution in [0.4, 0.5) is 8.78 Å². The molecule has 0 spiro atoms. The van der Waals surface area contributed by atoms with Crippen molar-refractivity contribution in [3.63, 3.8) is 0 Å². The fraction of sp³-hybridized carbons (Fsp3) is 0.200. The highest BCUT2D eigenvalue weighted by Gasteiger charge is 2.07. The molecule has 0 heterocycles. The number of rotatable bonds is 4. The molecule has 0 amide bonds. The number of benzene rings is 2. The van der Waals surface area contributed by atoms with Crippen molar-refractivity contribution < 1.29 is 8.78 Å². The molecular formula is C15H14ClF2N. The summed E-state index contributed by atoms with van der Waals surface area (Å²) in [7, 11) is 0. The summed E-state index contributed by atoms with van der Waals surface area (Å²) in [5.41, 5.74) is 2.38. The van der Waals surface area contributed by atoms with Crippen LogP contribution in [0, 0.1) is 11.6 Å². The Labute approximate surface area is 116 Å². The molecule has 19 heavy (non-hydrogen) atoms. The van der Waals surface area contributed by atoms with Crippen LogP contribution < -0.4 is 5.32 Å². The van der Waals surface area contributed by atoms with Gasteiger partial charge in [-0.1, -0.05) is 30.7 Å². The van der Waals surface area contributed by atoms with E-state index in [4.69, 9.17) is 11.6 Å². The van der Waals surface area contributed by atoms with Gasteiger partial charge in [0.1, 0.15) is 0 Å². The third-order valence-electron chi connectivity index (χ3n) is 2.86. The monoisotopic (exact) mass is 281 g/mol. The number of hydrogen-bond donors (Lipinski definition) is 1. The van der Waals surface area contributed by atoms with Crippen LogP contribution in [0.3, 0.4) is 0 Å². The summed E-state index contributed by atoms with van der Waals surface area (Å²) in [6.07, 6.45) is 0. The van der Waals surface area contributed by atoms with Crippen LogP contribution in [0.25, 0.3) is 11.1 Å². The molecule has 1 nitrogen and oxygen atoms in total. The molecule has 0 saturated carbocycles. The van der Waals surface area contributed by atoms with Crippen LogP contribution in [0.1, 0.15) is 12.5 Å².